The number of piperidine rings is 1. The van der Waals surface area contributed by atoms with Crippen molar-refractivity contribution in [1.29, 1.82) is 5.26 Å². The average molecular weight is 550 g/mol. The summed E-state index contributed by atoms with van der Waals surface area (Å²) in [5, 5.41) is 17.5. The molecule has 1 aliphatic rings. The number of hydrogen-bond donors (Lipinski definition) is 3. The van der Waals surface area contributed by atoms with Crippen molar-refractivity contribution < 1.29 is 4.79 Å². The molecule has 1 saturated heterocycles. The summed E-state index contributed by atoms with van der Waals surface area (Å²) in [5.41, 5.74) is 13.5. The van der Waals surface area contributed by atoms with E-state index < -0.39 is 0 Å². The first-order valence-electron chi connectivity index (χ1n) is 10.6. The Labute approximate surface area is 205 Å². The van der Waals surface area contributed by atoms with Crippen molar-refractivity contribution in [2.45, 2.75) is 32.1 Å². The lowest BCUT2D eigenvalue weighted by atomic mass is 9.95. The third kappa shape index (κ3) is 6.35. The van der Waals surface area contributed by atoms with Crippen LogP contribution in [-0.2, 0) is 11.2 Å². The van der Waals surface area contributed by atoms with Crippen LogP contribution in [0.15, 0.2) is 35.3 Å². The number of aryl methyl sites for hydroxylation is 1. The number of anilines is 1. The van der Waals surface area contributed by atoms with Gasteiger partial charge >= 0.3 is 0 Å². The number of guanidine groups is 1. The van der Waals surface area contributed by atoms with Crippen LogP contribution in [0.3, 0.4) is 0 Å². The van der Waals surface area contributed by atoms with Gasteiger partial charge in [-0.1, -0.05) is 18.2 Å². The molecule has 9 nitrogen and oxygen atoms in total. The van der Waals surface area contributed by atoms with Gasteiger partial charge in [-0.05, 0) is 43.7 Å². The number of benzene rings is 1. The molecular formula is C22H31IN8O. The smallest absolute Gasteiger partial charge is 0.217 e. The third-order valence-electron chi connectivity index (χ3n) is 5.50. The van der Waals surface area contributed by atoms with Crippen LogP contribution in [0.25, 0.3) is 5.69 Å². The second kappa shape index (κ2) is 12.3. The van der Waals surface area contributed by atoms with E-state index in [2.05, 4.69) is 26.4 Å². The monoisotopic (exact) mass is 550 g/mol. The number of nitrogen functional groups attached to an aromatic ring is 1. The number of aromatic nitrogens is 2. The summed E-state index contributed by atoms with van der Waals surface area (Å²) in [5.74, 6) is 1.20. The fraction of sp³-hybridized carbons (Fsp3) is 0.455. The van der Waals surface area contributed by atoms with Gasteiger partial charge in [-0.2, -0.15) is 10.4 Å². The molecule has 3 rings (SSSR count). The SMILES string of the molecule is CN=C(NCCCc1nn(-c2ccccc2)c(N)c1C#N)N1CCCC(CC(N)=O)C1.I. The zero-order valence-electron chi connectivity index (χ0n) is 18.3. The molecule has 5 N–H and O–H groups in total. The molecule has 1 unspecified atom stereocenters. The number of para-hydroxylation sites is 1. The topological polar surface area (TPSA) is 138 Å². The van der Waals surface area contributed by atoms with Crippen molar-refractivity contribution in [3.8, 4) is 11.8 Å². The van der Waals surface area contributed by atoms with E-state index in [4.69, 9.17) is 11.5 Å². The van der Waals surface area contributed by atoms with Crippen LogP contribution in [-0.4, -0.2) is 53.2 Å². The molecular weight excluding hydrogens is 519 g/mol. The highest BCUT2D eigenvalue weighted by Gasteiger charge is 2.23. The molecule has 1 aromatic carbocycles. The summed E-state index contributed by atoms with van der Waals surface area (Å²) in [7, 11) is 1.76. The quantitative estimate of drug-likeness (QED) is 0.209. The normalized spacial score (nSPS) is 16.2. The number of likely N-dealkylation sites (tertiary alicyclic amines) is 1. The second-order valence-electron chi connectivity index (χ2n) is 7.77. The Morgan fingerprint density at radius 1 is 1.38 bits per heavy atom. The first kappa shape index (κ1) is 25.5. The van der Waals surface area contributed by atoms with E-state index in [1.165, 1.54) is 0 Å². The largest absolute Gasteiger partial charge is 0.382 e. The Kier molecular flexibility index (Phi) is 9.77. The van der Waals surface area contributed by atoms with Crippen LogP contribution < -0.4 is 16.8 Å². The zero-order chi connectivity index (χ0) is 22.2. The van der Waals surface area contributed by atoms with E-state index in [-0.39, 0.29) is 35.8 Å². The van der Waals surface area contributed by atoms with E-state index in [1.54, 1.807) is 11.7 Å². The highest BCUT2D eigenvalue weighted by Crippen LogP contribution is 2.22. The number of primary amides is 1. The van der Waals surface area contributed by atoms with Gasteiger partial charge in [0, 0.05) is 33.1 Å². The lowest BCUT2D eigenvalue weighted by Gasteiger charge is -2.34. The highest BCUT2D eigenvalue weighted by atomic mass is 127. The van der Waals surface area contributed by atoms with Gasteiger partial charge in [0.25, 0.3) is 0 Å². The van der Waals surface area contributed by atoms with Crippen LogP contribution in [0, 0.1) is 17.2 Å². The Hall–Kier alpha value is -2.81. The number of nitrogens with two attached hydrogens (primary N) is 2. The third-order valence-corrected chi connectivity index (χ3v) is 5.50. The number of carbonyl (C=O) groups excluding carboxylic acids is 1. The molecule has 172 valence electrons. The Balaban J connectivity index is 0.00000363. The van der Waals surface area contributed by atoms with Crippen molar-refractivity contribution in [2.24, 2.45) is 16.6 Å². The molecule has 2 aromatic rings. The maximum atomic E-state index is 11.2. The van der Waals surface area contributed by atoms with Gasteiger partial charge in [0.2, 0.25) is 5.91 Å². The summed E-state index contributed by atoms with van der Waals surface area (Å²) in [6.07, 6.45) is 3.84. The highest BCUT2D eigenvalue weighted by molar-refractivity contribution is 14.0. The predicted molar refractivity (Wildman–Crippen MR) is 136 cm³/mol. The van der Waals surface area contributed by atoms with Crippen molar-refractivity contribution in [3.05, 3.63) is 41.6 Å². The van der Waals surface area contributed by atoms with Gasteiger partial charge < -0.3 is 21.7 Å². The molecule has 0 spiro atoms. The molecule has 0 aliphatic carbocycles. The van der Waals surface area contributed by atoms with Gasteiger partial charge in [-0.15, -0.1) is 24.0 Å². The Morgan fingerprint density at radius 3 is 2.78 bits per heavy atom. The average Bonchev–Trinajstić information content (AvgIpc) is 3.09. The minimum absolute atomic E-state index is 0. The summed E-state index contributed by atoms with van der Waals surface area (Å²) in [4.78, 5) is 17.8. The van der Waals surface area contributed by atoms with Gasteiger partial charge in [0.05, 0.1) is 11.4 Å². The van der Waals surface area contributed by atoms with Crippen molar-refractivity contribution >= 4 is 41.7 Å². The number of aliphatic imine (C=N–C) groups is 1. The minimum Gasteiger partial charge on any atom is -0.382 e. The van der Waals surface area contributed by atoms with Crippen LogP contribution >= 0.6 is 24.0 Å². The zero-order valence-corrected chi connectivity index (χ0v) is 20.7. The molecule has 10 heteroatoms. The van der Waals surface area contributed by atoms with E-state index in [1.807, 2.05) is 30.3 Å². The van der Waals surface area contributed by atoms with Crippen molar-refractivity contribution in [3.63, 3.8) is 0 Å². The fourth-order valence-corrected chi connectivity index (χ4v) is 4.04. The molecule has 1 fully saturated rings. The summed E-state index contributed by atoms with van der Waals surface area (Å²) in [6, 6.07) is 11.7. The lowest BCUT2D eigenvalue weighted by molar-refractivity contribution is -0.119. The number of nitrogens with one attached hydrogen (secondary N) is 1. The number of rotatable bonds is 7. The minimum atomic E-state index is -0.252. The molecule has 1 aromatic heterocycles. The number of carbonyl (C=O) groups is 1. The van der Waals surface area contributed by atoms with Crippen LogP contribution in [0.1, 0.15) is 36.9 Å². The van der Waals surface area contributed by atoms with E-state index in [0.29, 0.717) is 36.5 Å². The van der Waals surface area contributed by atoms with E-state index >= 15 is 0 Å². The van der Waals surface area contributed by atoms with Gasteiger partial charge in [0.15, 0.2) is 5.96 Å². The summed E-state index contributed by atoms with van der Waals surface area (Å²) in [6.45, 7) is 2.37. The van der Waals surface area contributed by atoms with Crippen LogP contribution in [0.5, 0.6) is 0 Å². The lowest BCUT2D eigenvalue weighted by Crippen LogP contribution is -2.47. The number of hydrogen-bond acceptors (Lipinski definition) is 5. The number of amides is 1. The molecule has 1 atom stereocenters. The van der Waals surface area contributed by atoms with Gasteiger partial charge in [-0.3, -0.25) is 9.79 Å². The molecule has 0 radical (unpaired) electrons. The Morgan fingerprint density at radius 2 is 2.12 bits per heavy atom. The molecule has 0 saturated carbocycles. The molecule has 1 amide bonds. The van der Waals surface area contributed by atoms with Crippen molar-refractivity contribution in [2.75, 3.05) is 32.4 Å². The number of nitrogens with zero attached hydrogens (tertiary/aromatic N) is 5. The first-order valence-corrected chi connectivity index (χ1v) is 10.6. The van der Waals surface area contributed by atoms with Crippen LogP contribution in [0.2, 0.25) is 0 Å². The summed E-state index contributed by atoms with van der Waals surface area (Å²) < 4.78 is 1.62. The fourth-order valence-electron chi connectivity index (χ4n) is 4.04. The number of nitriles is 1. The molecule has 2 heterocycles. The molecule has 32 heavy (non-hydrogen) atoms. The maximum absolute atomic E-state index is 11.2. The second-order valence-corrected chi connectivity index (χ2v) is 7.77. The maximum Gasteiger partial charge on any atom is 0.217 e. The molecule has 1 aliphatic heterocycles. The van der Waals surface area contributed by atoms with Gasteiger partial charge in [0.1, 0.15) is 17.5 Å². The van der Waals surface area contributed by atoms with E-state index in [9.17, 15) is 10.1 Å². The first-order chi connectivity index (χ1) is 15.0. The standard InChI is InChI=1S/C22H30N8O.HI/c1-26-22(29-12-6-7-16(15-29)13-20(24)31)27-11-5-10-19-18(14-23)21(25)30(28-19)17-8-3-2-4-9-17;/h2-4,8-9,16H,5-7,10-13,15,25H2,1H3,(H2,24,31)(H,26,27);1H. The summed E-state index contributed by atoms with van der Waals surface area (Å²) >= 11 is 0. The van der Waals surface area contributed by atoms with Gasteiger partial charge in [-0.25, -0.2) is 4.68 Å². The predicted octanol–water partition coefficient (Wildman–Crippen LogP) is 2.04. The Bertz CT molecular complexity index is 966. The van der Waals surface area contributed by atoms with E-state index in [0.717, 1.165) is 44.0 Å². The van der Waals surface area contributed by atoms with Crippen molar-refractivity contribution in [1.82, 2.24) is 20.0 Å². The number of halogens is 1. The van der Waals surface area contributed by atoms with Crippen LogP contribution in [0.4, 0.5) is 5.82 Å². The molecule has 0 bridgehead atoms.